The third kappa shape index (κ3) is 4.86. The van der Waals surface area contributed by atoms with Crippen molar-refractivity contribution in [2.24, 2.45) is 0 Å². The zero-order valence-corrected chi connectivity index (χ0v) is 17.0. The molecule has 1 heterocycles. The summed E-state index contributed by atoms with van der Waals surface area (Å²) in [6.07, 6.45) is 4.82. The second-order valence-electron chi connectivity index (χ2n) is 6.80. The van der Waals surface area contributed by atoms with Crippen LogP contribution in [0, 0.1) is 0 Å². The fraction of sp³-hybridized carbons (Fsp3) is 0.261. The monoisotopic (exact) mass is 408 g/mol. The quantitative estimate of drug-likeness (QED) is 0.392. The number of nitrogens with zero attached hydrogens (tertiary/aromatic N) is 1. The number of amides is 2. The molecule has 2 aromatic rings. The maximum absolute atomic E-state index is 12.4. The fourth-order valence-electron chi connectivity index (χ4n) is 3.34. The Labute approximate surface area is 175 Å². The van der Waals surface area contributed by atoms with E-state index in [0.29, 0.717) is 23.6 Å². The predicted molar refractivity (Wildman–Crippen MR) is 114 cm³/mol. The van der Waals surface area contributed by atoms with Crippen molar-refractivity contribution in [3.05, 3.63) is 59.2 Å². The van der Waals surface area contributed by atoms with Gasteiger partial charge in [0, 0.05) is 36.8 Å². The second kappa shape index (κ2) is 9.73. The van der Waals surface area contributed by atoms with Gasteiger partial charge in [0.1, 0.15) is 0 Å². The minimum absolute atomic E-state index is 0.0495. The van der Waals surface area contributed by atoms with Crippen LogP contribution in [0.2, 0.25) is 0 Å². The topological polar surface area (TPSA) is 84.9 Å². The fourth-order valence-corrected chi connectivity index (χ4v) is 3.34. The molecule has 1 N–H and O–H groups in total. The van der Waals surface area contributed by atoms with Crippen LogP contribution in [0.1, 0.15) is 27.9 Å². The van der Waals surface area contributed by atoms with E-state index >= 15 is 0 Å². The van der Waals surface area contributed by atoms with Crippen LogP contribution in [0.3, 0.4) is 0 Å². The highest BCUT2D eigenvalue weighted by molar-refractivity contribution is 5.98. The van der Waals surface area contributed by atoms with Gasteiger partial charge in [-0.25, -0.2) is 0 Å². The first-order valence-corrected chi connectivity index (χ1v) is 9.61. The molecule has 2 aromatic carbocycles. The van der Waals surface area contributed by atoms with Gasteiger partial charge >= 0.3 is 0 Å². The first kappa shape index (κ1) is 21.1. The third-order valence-corrected chi connectivity index (χ3v) is 4.95. The van der Waals surface area contributed by atoms with Gasteiger partial charge in [0.05, 0.1) is 14.2 Å². The number of ether oxygens (including phenoxy) is 2. The van der Waals surface area contributed by atoms with Gasteiger partial charge in [0.25, 0.3) is 0 Å². The maximum atomic E-state index is 12.4. The normalized spacial score (nSPS) is 12.5. The van der Waals surface area contributed by atoms with Gasteiger partial charge in [-0.3, -0.25) is 14.4 Å². The average Bonchev–Trinajstić information content (AvgIpc) is 3.19. The lowest BCUT2D eigenvalue weighted by Crippen LogP contribution is -2.24. The molecule has 156 valence electrons. The summed E-state index contributed by atoms with van der Waals surface area (Å²) >= 11 is 0. The third-order valence-electron chi connectivity index (χ3n) is 4.95. The molecule has 0 bridgehead atoms. The molecular weight excluding hydrogens is 384 g/mol. The number of ketones is 1. The molecule has 7 nitrogen and oxygen atoms in total. The first-order valence-electron chi connectivity index (χ1n) is 9.61. The largest absolute Gasteiger partial charge is 0.493 e. The van der Waals surface area contributed by atoms with Crippen molar-refractivity contribution in [1.82, 2.24) is 5.32 Å². The lowest BCUT2D eigenvalue weighted by atomic mass is 10.0. The van der Waals surface area contributed by atoms with Crippen molar-refractivity contribution in [2.45, 2.75) is 12.8 Å². The molecule has 3 rings (SSSR count). The first-order chi connectivity index (χ1) is 14.5. The molecule has 1 aliphatic rings. The molecule has 0 radical (unpaired) electrons. The second-order valence-corrected chi connectivity index (χ2v) is 6.80. The lowest BCUT2D eigenvalue weighted by molar-refractivity contribution is -0.116. The summed E-state index contributed by atoms with van der Waals surface area (Å²) < 4.78 is 10.4. The highest BCUT2D eigenvalue weighted by Crippen LogP contribution is 2.28. The molecule has 0 spiro atoms. The van der Waals surface area contributed by atoms with Gasteiger partial charge in [0.15, 0.2) is 17.3 Å². The molecule has 30 heavy (non-hydrogen) atoms. The van der Waals surface area contributed by atoms with Crippen molar-refractivity contribution in [2.75, 3.05) is 32.2 Å². The van der Waals surface area contributed by atoms with Gasteiger partial charge in [0.2, 0.25) is 12.3 Å². The number of methoxy groups -OCH3 is 2. The number of benzene rings is 2. The Kier molecular flexibility index (Phi) is 6.85. The van der Waals surface area contributed by atoms with E-state index in [2.05, 4.69) is 5.32 Å². The summed E-state index contributed by atoms with van der Waals surface area (Å²) in [5.41, 5.74) is 3.24. The molecule has 7 heteroatoms. The van der Waals surface area contributed by atoms with Crippen molar-refractivity contribution in [1.29, 1.82) is 0 Å². The van der Waals surface area contributed by atoms with Crippen LogP contribution >= 0.6 is 0 Å². The van der Waals surface area contributed by atoms with Crippen LogP contribution < -0.4 is 19.7 Å². The average molecular weight is 408 g/mol. The van der Waals surface area contributed by atoms with E-state index in [4.69, 9.17) is 9.47 Å². The Morgan fingerprint density at radius 3 is 2.63 bits per heavy atom. The smallest absolute Gasteiger partial charge is 0.244 e. The lowest BCUT2D eigenvalue weighted by Gasteiger charge is -2.10. The molecule has 0 atom stereocenters. The Bertz CT molecular complexity index is 984. The van der Waals surface area contributed by atoms with E-state index in [0.717, 1.165) is 29.6 Å². The van der Waals surface area contributed by atoms with Gasteiger partial charge < -0.3 is 19.7 Å². The minimum atomic E-state index is -0.284. The summed E-state index contributed by atoms with van der Waals surface area (Å²) in [4.78, 5) is 37.1. The number of nitrogens with one attached hydrogen (secondary N) is 1. The van der Waals surface area contributed by atoms with E-state index in [9.17, 15) is 14.4 Å². The molecule has 2 amide bonds. The number of rotatable bonds is 9. The molecule has 0 aromatic heterocycles. The van der Waals surface area contributed by atoms with Crippen molar-refractivity contribution >= 4 is 29.9 Å². The number of carbonyl (C=O) groups excluding carboxylic acids is 3. The number of fused-ring (bicyclic) bond motifs is 1. The van der Waals surface area contributed by atoms with Gasteiger partial charge in [-0.1, -0.05) is 6.07 Å². The zero-order valence-electron chi connectivity index (χ0n) is 17.0. The van der Waals surface area contributed by atoms with Crippen LogP contribution in [-0.2, 0) is 16.0 Å². The Hall–Kier alpha value is -3.61. The summed E-state index contributed by atoms with van der Waals surface area (Å²) in [6.45, 7) is 0.879. The van der Waals surface area contributed by atoms with Crippen LogP contribution in [-0.4, -0.2) is 45.4 Å². The maximum Gasteiger partial charge on any atom is 0.244 e. The summed E-state index contributed by atoms with van der Waals surface area (Å²) in [6, 6.07) is 10.7. The van der Waals surface area contributed by atoms with Crippen LogP contribution in [0.5, 0.6) is 11.5 Å². The Balaban J connectivity index is 1.50. The van der Waals surface area contributed by atoms with Crippen molar-refractivity contribution in [3.63, 3.8) is 0 Å². The molecule has 0 unspecified atom stereocenters. The number of carbonyl (C=O) groups is 3. The van der Waals surface area contributed by atoms with E-state index in [1.165, 1.54) is 6.08 Å². The molecule has 0 fully saturated rings. The van der Waals surface area contributed by atoms with E-state index in [1.54, 1.807) is 49.5 Å². The SMILES string of the molecule is COc1ccc(/C=C/C(=O)NCCC(=O)c2ccc3c(c2)CCN3C=O)cc1OC. The predicted octanol–water partition coefficient (Wildman–Crippen LogP) is 2.63. The van der Waals surface area contributed by atoms with Crippen LogP contribution in [0.25, 0.3) is 6.08 Å². The highest BCUT2D eigenvalue weighted by Gasteiger charge is 2.19. The minimum Gasteiger partial charge on any atom is -0.493 e. The molecule has 0 saturated carbocycles. The Morgan fingerprint density at radius 1 is 1.10 bits per heavy atom. The van der Waals surface area contributed by atoms with Gasteiger partial charge in [-0.05, 0) is 54.0 Å². The zero-order chi connectivity index (χ0) is 21.5. The number of anilines is 1. The highest BCUT2D eigenvalue weighted by atomic mass is 16.5. The number of hydrogen-bond donors (Lipinski definition) is 1. The summed E-state index contributed by atoms with van der Waals surface area (Å²) in [5.74, 6) is 0.860. The van der Waals surface area contributed by atoms with Gasteiger partial charge in [-0.15, -0.1) is 0 Å². The van der Waals surface area contributed by atoms with E-state index < -0.39 is 0 Å². The van der Waals surface area contributed by atoms with Crippen molar-refractivity contribution in [3.8, 4) is 11.5 Å². The number of Topliss-reactive ketones (excluding diaryl/α,β-unsaturated/α-hetero) is 1. The summed E-state index contributed by atoms with van der Waals surface area (Å²) in [5, 5.41) is 2.72. The van der Waals surface area contributed by atoms with Crippen LogP contribution in [0.4, 0.5) is 5.69 Å². The molecular formula is C23H24N2O5. The van der Waals surface area contributed by atoms with Gasteiger partial charge in [-0.2, -0.15) is 0 Å². The Morgan fingerprint density at radius 2 is 1.90 bits per heavy atom. The number of hydrogen-bond acceptors (Lipinski definition) is 5. The van der Waals surface area contributed by atoms with Crippen LogP contribution in [0.15, 0.2) is 42.5 Å². The molecule has 1 aliphatic heterocycles. The van der Waals surface area contributed by atoms with E-state index in [1.807, 2.05) is 12.1 Å². The molecule has 0 saturated heterocycles. The molecule has 0 aliphatic carbocycles. The standard InChI is InChI=1S/C23H24N2O5/c1-29-21-7-3-16(13-22(21)30-2)4-8-23(28)24-11-9-20(27)18-5-6-19-17(14-18)10-12-25(19)15-26/h3-8,13-15H,9-12H2,1-2H3,(H,24,28)/b8-4+. The van der Waals surface area contributed by atoms with E-state index in [-0.39, 0.29) is 24.7 Å². The van der Waals surface area contributed by atoms with Crippen molar-refractivity contribution < 1.29 is 23.9 Å². The summed E-state index contributed by atoms with van der Waals surface area (Å²) in [7, 11) is 3.11.